The van der Waals surface area contributed by atoms with Crippen molar-refractivity contribution in [3.8, 4) is 0 Å². The van der Waals surface area contributed by atoms with Gasteiger partial charge in [-0.15, -0.1) is 0 Å². The lowest BCUT2D eigenvalue weighted by Crippen LogP contribution is -2.04. The van der Waals surface area contributed by atoms with Gasteiger partial charge in [-0.05, 0) is 35.7 Å². The van der Waals surface area contributed by atoms with Gasteiger partial charge in [-0.25, -0.2) is 0 Å². The highest BCUT2D eigenvalue weighted by Crippen LogP contribution is 2.18. The first-order valence-corrected chi connectivity index (χ1v) is 5.96. The molecule has 17 heavy (non-hydrogen) atoms. The average Bonchev–Trinajstić information content (AvgIpc) is 2.35. The average molecular weight is 226 g/mol. The normalized spacial score (nSPS) is 12.1. The molecule has 2 nitrogen and oxygen atoms in total. The maximum atomic E-state index is 4.37. The van der Waals surface area contributed by atoms with Gasteiger partial charge in [-0.2, -0.15) is 5.10 Å². The van der Waals surface area contributed by atoms with Gasteiger partial charge in [0.1, 0.15) is 0 Å². The Balaban J connectivity index is 2.23. The zero-order valence-electron chi connectivity index (χ0n) is 10.6. The molecule has 2 aromatic carbocycles. The molecule has 1 N–H and O–H groups in total. The summed E-state index contributed by atoms with van der Waals surface area (Å²) in [5.41, 5.74) is 5.25. The number of hydrogen-bond acceptors (Lipinski definition) is 2. The van der Waals surface area contributed by atoms with E-state index in [0.29, 0.717) is 5.92 Å². The van der Waals surface area contributed by atoms with Crippen molar-refractivity contribution in [2.45, 2.75) is 20.8 Å². The summed E-state index contributed by atoms with van der Waals surface area (Å²) >= 11 is 0. The van der Waals surface area contributed by atoms with Crippen molar-refractivity contribution < 1.29 is 0 Å². The third kappa shape index (κ3) is 2.84. The van der Waals surface area contributed by atoms with Crippen LogP contribution in [0.5, 0.6) is 0 Å². The van der Waals surface area contributed by atoms with E-state index in [1.165, 1.54) is 10.8 Å². The van der Waals surface area contributed by atoms with Gasteiger partial charge in [0.15, 0.2) is 0 Å². The largest absolute Gasteiger partial charge is 0.279 e. The van der Waals surface area contributed by atoms with Crippen molar-refractivity contribution in [3.63, 3.8) is 0 Å². The Bertz CT molecular complexity index is 541. The summed E-state index contributed by atoms with van der Waals surface area (Å²) in [4.78, 5) is 0. The van der Waals surface area contributed by atoms with Crippen molar-refractivity contribution in [1.29, 1.82) is 0 Å². The van der Waals surface area contributed by atoms with E-state index in [2.05, 4.69) is 66.8 Å². The number of hydrazone groups is 1. The quantitative estimate of drug-likeness (QED) is 0.613. The number of benzene rings is 2. The summed E-state index contributed by atoms with van der Waals surface area (Å²) in [7, 11) is 0. The van der Waals surface area contributed by atoms with Crippen molar-refractivity contribution >= 4 is 22.2 Å². The molecule has 0 aliphatic carbocycles. The van der Waals surface area contributed by atoms with E-state index in [4.69, 9.17) is 0 Å². The van der Waals surface area contributed by atoms with Gasteiger partial charge in [0.2, 0.25) is 0 Å². The molecule has 2 heteroatoms. The third-order valence-corrected chi connectivity index (χ3v) is 2.95. The Hall–Kier alpha value is -1.83. The van der Waals surface area contributed by atoms with Crippen LogP contribution < -0.4 is 5.43 Å². The van der Waals surface area contributed by atoms with Crippen LogP contribution in [0.1, 0.15) is 20.8 Å². The summed E-state index contributed by atoms with van der Waals surface area (Å²) in [6, 6.07) is 14.6. The van der Waals surface area contributed by atoms with Crippen LogP contribution in [0.4, 0.5) is 5.69 Å². The summed E-state index contributed by atoms with van der Waals surface area (Å²) in [5.74, 6) is 0.475. The van der Waals surface area contributed by atoms with Crippen molar-refractivity contribution in [3.05, 3.63) is 42.5 Å². The molecular weight excluding hydrogens is 208 g/mol. The Morgan fingerprint density at radius 1 is 1.06 bits per heavy atom. The maximum Gasteiger partial charge on any atom is 0.0568 e. The van der Waals surface area contributed by atoms with Crippen LogP contribution in [-0.4, -0.2) is 5.71 Å². The van der Waals surface area contributed by atoms with E-state index < -0.39 is 0 Å². The SMILES string of the molecule is CC(=NNc1ccc2ccccc2c1)C(C)C. The highest BCUT2D eigenvalue weighted by atomic mass is 15.3. The second-order valence-corrected chi connectivity index (χ2v) is 4.58. The van der Waals surface area contributed by atoms with E-state index in [1.807, 2.05) is 6.92 Å². The molecule has 2 aromatic rings. The van der Waals surface area contributed by atoms with Crippen LogP contribution in [-0.2, 0) is 0 Å². The number of hydrogen-bond donors (Lipinski definition) is 1. The van der Waals surface area contributed by atoms with E-state index in [1.54, 1.807) is 0 Å². The topological polar surface area (TPSA) is 24.4 Å². The molecule has 0 amide bonds. The lowest BCUT2D eigenvalue weighted by atomic mass is 10.1. The number of nitrogens with one attached hydrogen (secondary N) is 1. The Morgan fingerprint density at radius 3 is 2.47 bits per heavy atom. The highest BCUT2D eigenvalue weighted by molar-refractivity contribution is 5.87. The van der Waals surface area contributed by atoms with Crippen molar-refractivity contribution in [2.75, 3.05) is 5.43 Å². The van der Waals surface area contributed by atoms with Gasteiger partial charge in [0.25, 0.3) is 0 Å². The number of anilines is 1. The van der Waals surface area contributed by atoms with E-state index >= 15 is 0 Å². The van der Waals surface area contributed by atoms with E-state index in [-0.39, 0.29) is 0 Å². The number of nitrogens with zero attached hydrogens (tertiary/aromatic N) is 1. The second kappa shape index (κ2) is 5.00. The zero-order valence-corrected chi connectivity index (χ0v) is 10.6. The summed E-state index contributed by atoms with van der Waals surface area (Å²) in [5, 5.41) is 6.85. The summed E-state index contributed by atoms with van der Waals surface area (Å²) in [6.45, 7) is 6.32. The Labute approximate surface area is 102 Å². The lowest BCUT2D eigenvalue weighted by molar-refractivity contribution is 0.874. The van der Waals surface area contributed by atoms with Gasteiger partial charge < -0.3 is 0 Å². The monoisotopic (exact) mass is 226 g/mol. The van der Waals surface area contributed by atoms with Crippen LogP contribution in [0.3, 0.4) is 0 Å². The van der Waals surface area contributed by atoms with Crippen LogP contribution in [0.2, 0.25) is 0 Å². The van der Waals surface area contributed by atoms with Crippen molar-refractivity contribution in [1.82, 2.24) is 0 Å². The maximum absolute atomic E-state index is 4.37. The molecule has 0 radical (unpaired) electrons. The molecular formula is C15H18N2. The fourth-order valence-corrected chi connectivity index (χ4v) is 1.54. The summed E-state index contributed by atoms with van der Waals surface area (Å²) < 4.78 is 0. The minimum Gasteiger partial charge on any atom is -0.279 e. The molecule has 0 spiro atoms. The smallest absolute Gasteiger partial charge is 0.0568 e. The van der Waals surface area contributed by atoms with Gasteiger partial charge in [-0.3, -0.25) is 5.43 Å². The van der Waals surface area contributed by atoms with Gasteiger partial charge in [-0.1, -0.05) is 44.2 Å². The van der Waals surface area contributed by atoms with Gasteiger partial charge >= 0.3 is 0 Å². The van der Waals surface area contributed by atoms with E-state index in [0.717, 1.165) is 11.4 Å². The van der Waals surface area contributed by atoms with Crippen LogP contribution in [0, 0.1) is 5.92 Å². The fraction of sp³-hybridized carbons (Fsp3) is 0.267. The molecule has 0 atom stereocenters. The molecule has 2 rings (SSSR count). The van der Waals surface area contributed by atoms with Gasteiger partial charge in [0, 0.05) is 5.71 Å². The standard InChI is InChI=1S/C15H18N2/c1-11(2)12(3)16-17-15-9-8-13-6-4-5-7-14(13)10-15/h4-11,17H,1-3H3. The molecule has 0 bridgehead atoms. The third-order valence-electron chi connectivity index (χ3n) is 2.95. The molecule has 0 unspecified atom stereocenters. The van der Waals surface area contributed by atoms with Gasteiger partial charge in [0.05, 0.1) is 5.69 Å². The van der Waals surface area contributed by atoms with Crippen molar-refractivity contribution in [2.24, 2.45) is 11.0 Å². The molecule has 0 aliphatic rings. The highest BCUT2D eigenvalue weighted by Gasteiger charge is 1.98. The fourth-order valence-electron chi connectivity index (χ4n) is 1.54. The molecule has 0 saturated carbocycles. The predicted octanol–water partition coefficient (Wildman–Crippen LogP) is 4.28. The lowest BCUT2D eigenvalue weighted by Gasteiger charge is -2.06. The van der Waals surface area contributed by atoms with E-state index in [9.17, 15) is 0 Å². The molecule has 0 fully saturated rings. The minimum atomic E-state index is 0.475. The predicted molar refractivity (Wildman–Crippen MR) is 75.5 cm³/mol. The van der Waals surface area contributed by atoms with Crippen LogP contribution in [0.15, 0.2) is 47.6 Å². The van der Waals surface area contributed by atoms with Crippen LogP contribution >= 0.6 is 0 Å². The summed E-state index contributed by atoms with van der Waals surface area (Å²) in [6.07, 6.45) is 0. The number of rotatable bonds is 3. The molecule has 0 aromatic heterocycles. The number of fused-ring (bicyclic) bond motifs is 1. The Kier molecular flexibility index (Phi) is 3.43. The molecule has 0 heterocycles. The molecule has 0 saturated heterocycles. The first-order valence-electron chi connectivity index (χ1n) is 5.96. The molecule has 88 valence electrons. The first-order chi connectivity index (χ1) is 8.16. The Morgan fingerprint density at radius 2 is 1.76 bits per heavy atom. The molecule has 0 aliphatic heterocycles. The first kappa shape index (κ1) is 11.6. The van der Waals surface area contributed by atoms with Crippen LogP contribution in [0.25, 0.3) is 10.8 Å². The zero-order chi connectivity index (χ0) is 12.3. The second-order valence-electron chi connectivity index (χ2n) is 4.58. The minimum absolute atomic E-state index is 0.475.